The molecule has 0 radical (unpaired) electrons. The fourth-order valence-corrected chi connectivity index (χ4v) is 2.21. The first-order valence-electron chi connectivity index (χ1n) is 6.16. The monoisotopic (exact) mass is 400 g/mol. The van der Waals surface area contributed by atoms with Crippen LogP contribution in [0.5, 0.6) is 0 Å². The average molecular weight is 400 g/mol. The molecule has 0 atom stereocenters. The van der Waals surface area contributed by atoms with Crippen molar-refractivity contribution < 1.29 is 19.1 Å². The maximum Gasteiger partial charge on any atom is 0.337 e. The normalized spacial score (nSPS) is 10.1. The summed E-state index contributed by atoms with van der Waals surface area (Å²) in [6.45, 7) is 0.395. The number of halogens is 1. The number of amides is 2. The number of carbonyl (C=O) groups excluding carboxylic acids is 1. The summed E-state index contributed by atoms with van der Waals surface area (Å²) in [7, 11) is 0. The molecule has 0 fully saturated rings. The van der Waals surface area contributed by atoms with Crippen molar-refractivity contribution in [3.05, 3.63) is 51.5 Å². The second kappa shape index (κ2) is 7.11. The van der Waals surface area contributed by atoms with Crippen LogP contribution in [0.2, 0.25) is 0 Å². The number of hydrogen-bond acceptors (Lipinski definition) is 3. The van der Waals surface area contributed by atoms with E-state index in [1.165, 1.54) is 6.07 Å². The van der Waals surface area contributed by atoms with Crippen LogP contribution in [0.3, 0.4) is 0 Å². The molecule has 0 spiro atoms. The molecule has 2 aromatic rings. The highest BCUT2D eigenvalue weighted by atomic mass is 127. The molecule has 0 bridgehead atoms. The average Bonchev–Trinajstić information content (AvgIpc) is 2.94. The second-order valence-electron chi connectivity index (χ2n) is 4.21. The smallest absolute Gasteiger partial charge is 0.337 e. The molecule has 110 valence electrons. The summed E-state index contributed by atoms with van der Waals surface area (Å²) in [6.07, 6.45) is 2.14. The number of nitrogens with one attached hydrogen (secondary N) is 2. The van der Waals surface area contributed by atoms with Crippen molar-refractivity contribution in [2.24, 2.45) is 0 Å². The van der Waals surface area contributed by atoms with E-state index in [4.69, 9.17) is 9.52 Å². The Morgan fingerprint density at radius 1 is 1.29 bits per heavy atom. The summed E-state index contributed by atoms with van der Waals surface area (Å²) in [5.74, 6) is -0.310. The van der Waals surface area contributed by atoms with E-state index >= 15 is 0 Å². The highest BCUT2D eigenvalue weighted by molar-refractivity contribution is 14.1. The molecule has 0 aliphatic heterocycles. The van der Waals surface area contributed by atoms with Crippen LogP contribution in [0.15, 0.2) is 41.0 Å². The van der Waals surface area contributed by atoms with E-state index in [0.29, 0.717) is 13.0 Å². The molecule has 0 saturated carbocycles. The van der Waals surface area contributed by atoms with Crippen LogP contribution in [-0.4, -0.2) is 23.7 Å². The molecule has 2 rings (SSSR count). The second-order valence-corrected chi connectivity index (χ2v) is 5.45. The molecule has 2 amide bonds. The van der Waals surface area contributed by atoms with Crippen molar-refractivity contribution in [1.29, 1.82) is 0 Å². The van der Waals surface area contributed by atoms with Crippen LogP contribution >= 0.6 is 22.6 Å². The van der Waals surface area contributed by atoms with Crippen LogP contribution in [0, 0.1) is 3.57 Å². The molecule has 0 aliphatic rings. The van der Waals surface area contributed by atoms with Gasteiger partial charge < -0.3 is 20.2 Å². The van der Waals surface area contributed by atoms with Gasteiger partial charge in [-0.2, -0.15) is 0 Å². The van der Waals surface area contributed by atoms with Gasteiger partial charge in [-0.15, -0.1) is 0 Å². The Morgan fingerprint density at radius 3 is 2.76 bits per heavy atom. The lowest BCUT2D eigenvalue weighted by atomic mass is 10.2. The van der Waals surface area contributed by atoms with E-state index in [2.05, 4.69) is 10.6 Å². The lowest BCUT2D eigenvalue weighted by molar-refractivity contribution is 0.0698. The molecular weight excluding hydrogens is 387 g/mol. The Labute approximate surface area is 134 Å². The minimum absolute atomic E-state index is 0.0584. The van der Waals surface area contributed by atoms with Gasteiger partial charge in [0.05, 0.1) is 17.5 Å². The van der Waals surface area contributed by atoms with Gasteiger partial charge in [-0.05, 0) is 52.9 Å². The van der Waals surface area contributed by atoms with Crippen molar-refractivity contribution in [3.8, 4) is 0 Å². The van der Waals surface area contributed by atoms with Gasteiger partial charge in [-0.3, -0.25) is 0 Å². The Bertz CT molecular complexity index is 640. The number of carboxylic acids is 1. The van der Waals surface area contributed by atoms with Crippen LogP contribution < -0.4 is 10.6 Å². The van der Waals surface area contributed by atoms with Crippen molar-refractivity contribution in [2.45, 2.75) is 6.42 Å². The van der Waals surface area contributed by atoms with Crippen LogP contribution in [0.4, 0.5) is 10.5 Å². The topological polar surface area (TPSA) is 91.6 Å². The highest BCUT2D eigenvalue weighted by Gasteiger charge is 2.12. The van der Waals surface area contributed by atoms with Gasteiger partial charge in [0.2, 0.25) is 0 Å². The summed E-state index contributed by atoms with van der Waals surface area (Å²) in [5.41, 5.74) is 0.321. The van der Waals surface area contributed by atoms with Crippen molar-refractivity contribution >= 4 is 40.3 Å². The third kappa shape index (κ3) is 4.48. The number of aromatic carboxylic acids is 1. The van der Waals surface area contributed by atoms with Crippen LogP contribution in [0.1, 0.15) is 16.1 Å². The number of carbonyl (C=O) groups is 2. The Balaban J connectivity index is 1.92. The highest BCUT2D eigenvalue weighted by Crippen LogP contribution is 2.18. The maximum atomic E-state index is 11.8. The van der Waals surface area contributed by atoms with Gasteiger partial charge in [-0.25, -0.2) is 9.59 Å². The standard InChI is InChI=1S/C14H13IN2O4/c15-9-3-4-12(11(8-9)13(18)19)17-14(20)16-6-5-10-2-1-7-21-10/h1-4,7-8H,5-6H2,(H,18,19)(H2,16,17,20). The van der Waals surface area contributed by atoms with E-state index in [-0.39, 0.29) is 11.3 Å². The maximum absolute atomic E-state index is 11.8. The van der Waals surface area contributed by atoms with E-state index in [0.717, 1.165) is 9.33 Å². The summed E-state index contributed by atoms with van der Waals surface area (Å²) in [6, 6.07) is 7.94. The van der Waals surface area contributed by atoms with E-state index in [9.17, 15) is 9.59 Å². The Kier molecular flexibility index (Phi) is 5.20. The zero-order chi connectivity index (χ0) is 15.2. The molecule has 0 saturated heterocycles. The van der Waals surface area contributed by atoms with E-state index in [1.54, 1.807) is 24.5 Å². The lowest BCUT2D eigenvalue weighted by Gasteiger charge is -2.10. The van der Waals surface area contributed by atoms with Gasteiger partial charge >= 0.3 is 12.0 Å². The van der Waals surface area contributed by atoms with Gasteiger partial charge in [0.25, 0.3) is 0 Å². The van der Waals surface area contributed by atoms with Gasteiger partial charge in [0.1, 0.15) is 5.76 Å². The summed E-state index contributed by atoms with van der Waals surface area (Å²) >= 11 is 2.02. The van der Waals surface area contributed by atoms with Gasteiger partial charge in [0.15, 0.2) is 0 Å². The van der Waals surface area contributed by atoms with Crippen molar-refractivity contribution in [2.75, 3.05) is 11.9 Å². The van der Waals surface area contributed by atoms with Gasteiger partial charge in [0, 0.05) is 16.5 Å². The number of urea groups is 1. The molecule has 7 heteroatoms. The predicted molar refractivity (Wildman–Crippen MR) is 85.6 cm³/mol. The Morgan fingerprint density at radius 2 is 2.10 bits per heavy atom. The molecular formula is C14H13IN2O4. The van der Waals surface area contributed by atoms with Crippen LogP contribution in [0.25, 0.3) is 0 Å². The molecule has 0 aliphatic carbocycles. The summed E-state index contributed by atoms with van der Waals surface area (Å²) < 4.78 is 5.93. The fraction of sp³-hybridized carbons (Fsp3) is 0.143. The number of benzene rings is 1. The van der Waals surface area contributed by atoms with Crippen LogP contribution in [-0.2, 0) is 6.42 Å². The zero-order valence-electron chi connectivity index (χ0n) is 10.9. The minimum Gasteiger partial charge on any atom is -0.478 e. The first-order chi connectivity index (χ1) is 10.1. The lowest BCUT2D eigenvalue weighted by Crippen LogP contribution is -2.31. The van der Waals surface area contributed by atoms with E-state index in [1.807, 2.05) is 28.7 Å². The zero-order valence-corrected chi connectivity index (χ0v) is 13.1. The largest absolute Gasteiger partial charge is 0.478 e. The first kappa shape index (κ1) is 15.4. The summed E-state index contributed by atoms with van der Waals surface area (Å²) in [5, 5.41) is 14.3. The minimum atomic E-state index is -1.08. The molecule has 1 aromatic carbocycles. The third-order valence-electron chi connectivity index (χ3n) is 2.70. The summed E-state index contributed by atoms with van der Waals surface area (Å²) in [4.78, 5) is 22.9. The predicted octanol–water partition coefficient (Wildman–Crippen LogP) is 2.95. The molecule has 6 nitrogen and oxygen atoms in total. The molecule has 1 heterocycles. The third-order valence-corrected chi connectivity index (χ3v) is 3.37. The van der Waals surface area contributed by atoms with Crippen molar-refractivity contribution in [3.63, 3.8) is 0 Å². The SMILES string of the molecule is O=C(NCCc1ccco1)Nc1ccc(I)cc1C(=O)O. The van der Waals surface area contributed by atoms with Crippen molar-refractivity contribution in [1.82, 2.24) is 5.32 Å². The number of hydrogen-bond donors (Lipinski definition) is 3. The molecule has 21 heavy (non-hydrogen) atoms. The number of furan rings is 1. The first-order valence-corrected chi connectivity index (χ1v) is 7.24. The Hall–Kier alpha value is -2.03. The number of carboxylic acid groups (broad SMARTS) is 1. The molecule has 0 unspecified atom stereocenters. The molecule has 3 N–H and O–H groups in total. The quantitative estimate of drug-likeness (QED) is 0.674. The fourth-order valence-electron chi connectivity index (χ4n) is 1.72. The van der Waals surface area contributed by atoms with Gasteiger partial charge in [-0.1, -0.05) is 0 Å². The molecule has 1 aromatic heterocycles. The van der Waals surface area contributed by atoms with E-state index < -0.39 is 12.0 Å². The number of rotatable bonds is 5. The number of anilines is 1.